The second-order valence-electron chi connectivity index (χ2n) is 4.85. The van der Waals surface area contributed by atoms with Gasteiger partial charge in [0.1, 0.15) is 11.9 Å². The molecule has 1 aliphatic rings. The molecule has 0 fully saturated rings. The number of benzene rings is 1. The van der Waals surface area contributed by atoms with Crippen molar-refractivity contribution in [3.63, 3.8) is 0 Å². The Morgan fingerprint density at radius 2 is 2.00 bits per heavy atom. The monoisotopic (exact) mass is 273 g/mol. The Bertz CT molecular complexity index is 564. The van der Waals surface area contributed by atoms with Crippen LogP contribution in [0.3, 0.4) is 0 Å². The Kier molecular flexibility index (Phi) is 3.71. The fraction of sp³-hybridized carbons (Fsp3) is 0.400. The zero-order valence-electron chi connectivity index (χ0n) is 11.7. The number of hydrogen-bond acceptors (Lipinski definition) is 4. The van der Waals surface area contributed by atoms with Crippen molar-refractivity contribution in [1.29, 1.82) is 0 Å². The van der Waals surface area contributed by atoms with Crippen molar-refractivity contribution in [3.05, 3.63) is 36.4 Å². The number of ether oxygens (including phenoxy) is 2. The van der Waals surface area contributed by atoms with Gasteiger partial charge in [-0.05, 0) is 6.42 Å². The number of rotatable bonds is 4. The van der Waals surface area contributed by atoms with Gasteiger partial charge in [-0.3, -0.25) is 0 Å². The predicted octanol–water partition coefficient (Wildman–Crippen LogP) is 2.53. The number of hydrogen-bond donors (Lipinski definition) is 1. The fourth-order valence-corrected chi connectivity index (χ4v) is 2.66. The molecule has 2 heterocycles. The molecule has 1 N–H and O–H groups in total. The molecule has 1 aromatic heterocycles. The molecule has 20 heavy (non-hydrogen) atoms. The highest BCUT2D eigenvalue weighted by molar-refractivity contribution is 5.63. The molecule has 0 bridgehead atoms. The second kappa shape index (κ2) is 5.64. The van der Waals surface area contributed by atoms with Crippen LogP contribution < -0.4 is 5.32 Å². The van der Waals surface area contributed by atoms with E-state index in [1.165, 1.54) is 0 Å². The van der Waals surface area contributed by atoms with Gasteiger partial charge in [0.2, 0.25) is 0 Å². The summed E-state index contributed by atoms with van der Waals surface area (Å²) in [5, 5.41) is 8.09. The maximum Gasteiger partial charge on any atom is 0.179 e. The van der Waals surface area contributed by atoms with Crippen LogP contribution in [0.5, 0.6) is 0 Å². The summed E-state index contributed by atoms with van der Waals surface area (Å²) in [4.78, 5) is 0. The van der Waals surface area contributed by atoms with Gasteiger partial charge in [0, 0.05) is 32.4 Å². The first-order valence-electron chi connectivity index (χ1n) is 6.78. The summed E-state index contributed by atoms with van der Waals surface area (Å²) in [6.45, 7) is 0.897. The van der Waals surface area contributed by atoms with Crippen molar-refractivity contribution in [2.75, 3.05) is 26.1 Å². The minimum atomic E-state index is -0.278. The van der Waals surface area contributed by atoms with Gasteiger partial charge in [-0.2, -0.15) is 5.10 Å². The van der Waals surface area contributed by atoms with E-state index in [9.17, 15) is 0 Å². The van der Waals surface area contributed by atoms with Crippen molar-refractivity contribution in [3.8, 4) is 11.3 Å². The molecule has 5 nitrogen and oxygen atoms in total. The fourth-order valence-electron chi connectivity index (χ4n) is 2.66. The summed E-state index contributed by atoms with van der Waals surface area (Å²) in [6.07, 6.45) is 0.647. The van der Waals surface area contributed by atoms with Crippen LogP contribution in [0.2, 0.25) is 0 Å². The molecular weight excluding hydrogens is 254 g/mol. The Hall–Kier alpha value is -1.85. The maximum absolute atomic E-state index is 5.40. The minimum absolute atomic E-state index is 0.0960. The number of anilines is 1. The molecule has 1 aromatic carbocycles. The summed E-state index contributed by atoms with van der Waals surface area (Å²) in [5.41, 5.74) is 2.08. The third-order valence-corrected chi connectivity index (χ3v) is 3.64. The Morgan fingerprint density at radius 1 is 1.25 bits per heavy atom. The highest BCUT2D eigenvalue weighted by Crippen LogP contribution is 2.31. The highest BCUT2D eigenvalue weighted by Gasteiger charge is 2.29. The number of methoxy groups -OCH3 is 2. The average molecular weight is 273 g/mol. The lowest BCUT2D eigenvalue weighted by Crippen LogP contribution is -2.34. The molecule has 1 aliphatic heterocycles. The quantitative estimate of drug-likeness (QED) is 0.870. The average Bonchev–Trinajstić information content (AvgIpc) is 2.94. The van der Waals surface area contributed by atoms with Gasteiger partial charge >= 0.3 is 0 Å². The molecular formula is C15H19N3O2. The zero-order valence-corrected chi connectivity index (χ0v) is 11.7. The predicted molar refractivity (Wildman–Crippen MR) is 77.6 cm³/mol. The van der Waals surface area contributed by atoms with Crippen LogP contribution >= 0.6 is 0 Å². The van der Waals surface area contributed by atoms with Crippen molar-refractivity contribution >= 4 is 5.82 Å². The molecule has 0 radical (unpaired) electrons. The first-order chi connectivity index (χ1) is 9.83. The lowest BCUT2D eigenvalue weighted by molar-refractivity contribution is -0.135. The first-order valence-corrected chi connectivity index (χ1v) is 6.78. The van der Waals surface area contributed by atoms with Gasteiger partial charge in [-0.15, -0.1) is 0 Å². The first kappa shape index (κ1) is 13.1. The van der Waals surface area contributed by atoms with Crippen LogP contribution in [0.4, 0.5) is 5.82 Å². The third kappa shape index (κ3) is 2.30. The maximum atomic E-state index is 5.40. The van der Waals surface area contributed by atoms with Crippen molar-refractivity contribution in [2.45, 2.75) is 18.8 Å². The van der Waals surface area contributed by atoms with Crippen molar-refractivity contribution in [2.24, 2.45) is 0 Å². The van der Waals surface area contributed by atoms with E-state index in [1.54, 1.807) is 14.2 Å². The van der Waals surface area contributed by atoms with E-state index in [0.29, 0.717) is 0 Å². The minimum Gasteiger partial charge on any atom is -0.370 e. The molecule has 1 atom stereocenters. The van der Waals surface area contributed by atoms with E-state index >= 15 is 0 Å². The molecule has 0 spiro atoms. The van der Waals surface area contributed by atoms with Crippen LogP contribution in [0.15, 0.2) is 36.4 Å². The molecule has 1 unspecified atom stereocenters. The number of aromatic nitrogens is 2. The van der Waals surface area contributed by atoms with Gasteiger partial charge in [0.25, 0.3) is 0 Å². The van der Waals surface area contributed by atoms with Gasteiger partial charge in [-0.25, -0.2) is 4.68 Å². The summed E-state index contributed by atoms with van der Waals surface area (Å²) < 4.78 is 12.8. The SMILES string of the molecule is COC(OC)C1CCNc2cc(-c3ccccc3)nn21. The molecule has 106 valence electrons. The lowest BCUT2D eigenvalue weighted by Gasteiger charge is -2.30. The summed E-state index contributed by atoms with van der Waals surface area (Å²) in [7, 11) is 3.33. The standard InChI is InChI=1S/C15H19N3O2/c1-19-15(20-2)13-8-9-16-14-10-12(17-18(13)14)11-6-4-3-5-7-11/h3-7,10,13,15-16H,8-9H2,1-2H3. The largest absolute Gasteiger partial charge is 0.370 e. The summed E-state index contributed by atoms with van der Waals surface area (Å²) in [6, 6.07) is 12.3. The Balaban J connectivity index is 1.96. The Morgan fingerprint density at radius 3 is 2.70 bits per heavy atom. The van der Waals surface area contributed by atoms with E-state index in [4.69, 9.17) is 14.6 Å². The van der Waals surface area contributed by atoms with E-state index in [2.05, 4.69) is 23.5 Å². The van der Waals surface area contributed by atoms with Gasteiger partial charge < -0.3 is 14.8 Å². The number of nitrogens with one attached hydrogen (secondary N) is 1. The molecule has 3 rings (SSSR count). The third-order valence-electron chi connectivity index (χ3n) is 3.64. The molecule has 0 amide bonds. The van der Waals surface area contributed by atoms with Crippen LogP contribution in [0.25, 0.3) is 11.3 Å². The van der Waals surface area contributed by atoms with Crippen LogP contribution in [-0.4, -0.2) is 36.8 Å². The summed E-state index contributed by atoms with van der Waals surface area (Å²) in [5.74, 6) is 1.01. The smallest absolute Gasteiger partial charge is 0.179 e. The van der Waals surface area contributed by atoms with Crippen molar-refractivity contribution < 1.29 is 9.47 Å². The second-order valence-corrected chi connectivity index (χ2v) is 4.85. The van der Waals surface area contributed by atoms with E-state index in [1.807, 2.05) is 22.9 Å². The summed E-state index contributed by atoms with van der Waals surface area (Å²) >= 11 is 0. The highest BCUT2D eigenvalue weighted by atomic mass is 16.7. The van der Waals surface area contributed by atoms with Crippen LogP contribution in [0.1, 0.15) is 12.5 Å². The normalized spacial score (nSPS) is 17.9. The van der Waals surface area contributed by atoms with E-state index in [0.717, 1.165) is 30.0 Å². The molecule has 5 heteroatoms. The lowest BCUT2D eigenvalue weighted by atomic mass is 10.1. The number of nitrogens with zero attached hydrogens (tertiary/aromatic N) is 2. The molecule has 0 saturated heterocycles. The van der Waals surface area contributed by atoms with Crippen molar-refractivity contribution in [1.82, 2.24) is 9.78 Å². The zero-order chi connectivity index (χ0) is 13.9. The number of fused-ring (bicyclic) bond motifs is 1. The van der Waals surface area contributed by atoms with Crippen LogP contribution in [-0.2, 0) is 9.47 Å². The van der Waals surface area contributed by atoms with Gasteiger partial charge in [0.05, 0.1) is 5.69 Å². The van der Waals surface area contributed by atoms with Gasteiger partial charge in [0.15, 0.2) is 6.29 Å². The topological polar surface area (TPSA) is 48.3 Å². The molecule has 2 aromatic rings. The van der Waals surface area contributed by atoms with E-state index < -0.39 is 0 Å². The molecule has 0 saturated carbocycles. The van der Waals surface area contributed by atoms with Crippen LogP contribution in [0, 0.1) is 0 Å². The molecule has 0 aliphatic carbocycles. The van der Waals surface area contributed by atoms with E-state index in [-0.39, 0.29) is 12.3 Å². The Labute approximate surface area is 118 Å². The van der Waals surface area contributed by atoms with Gasteiger partial charge in [-0.1, -0.05) is 30.3 Å².